The van der Waals surface area contributed by atoms with Crippen LogP contribution in [0.15, 0.2) is 41.5 Å². The molecule has 2 N–H and O–H groups in total. The van der Waals surface area contributed by atoms with E-state index in [1.165, 1.54) is 13.0 Å². The molecule has 0 aromatic heterocycles. The summed E-state index contributed by atoms with van der Waals surface area (Å²) in [4.78, 5) is 11.8. The molecule has 154 valence electrons. The van der Waals surface area contributed by atoms with E-state index in [4.69, 9.17) is 10.5 Å². The van der Waals surface area contributed by atoms with Crippen LogP contribution in [0.1, 0.15) is 38.3 Å². The molecule has 0 aliphatic heterocycles. The Bertz CT molecular complexity index is 813. The van der Waals surface area contributed by atoms with Crippen molar-refractivity contribution < 1.29 is 27.1 Å². The van der Waals surface area contributed by atoms with E-state index in [0.29, 0.717) is 11.1 Å². The summed E-state index contributed by atoms with van der Waals surface area (Å²) in [6.07, 6.45) is -4.45. The van der Waals surface area contributed by atoms with Crippen molar-refractivity contribution in [2.24, 2.45) is 11.7 Å². The predicted molar refractivity (Wildman–Crippen MR) is 100 cm³/mol. The summed E-state index contributed by atoms with van der Waals surface area (Å²) in [5.41, 5.74) is 4.06. The monoisotopic (exact) mass is 399 g/mol. The summed E-state index contributed by atoms with van der Waals surface area (Å²) < 4.78 is 61.9. The Morgan fingerprint density at radius 3 is 2.39 bits per heavy atom. The lowest BCUT2D eigenvalue weighted by atomic mass is 9.68. The molecule has 0 spiro atoms. The third kappa shape index (κ3) is 3.85. The van der Waals surface area contributed by atoms with Gasteiger partial charge in [0.05, 0.1) is 13.0 Å². The summed E-state index contributed by atoms with van der Waals surface area (Å²) in [7, 11) is 0. The molecule has 2 rings (SSSR count). The molecule has 0 saturated carbocycles. The minimum atomic E-state index is -5.18. The molecule has 1 aromatic carbocycles. The molecule has 7 heteroatoms. The zero-order valence-corrected chi connectivity index (χ0v) is 16.4. The summed E-state index contributed by atoms with van der Waals surface area (Å²) in [6.45, 7) is 6.03. The molecule has 0 radical (unpaired) electrons. The normalized spacial score (nSPS) is 24.0. The van der Waals surface area contributed by atoms with Gasteiger partial charge in [0.15, 0.2) is 0 Å². The van der Waals surface area contributed by atoms with Crippen LogP contribution in [0.2, 0.25) is 0 Å². The highest BCUT2D eigenvalue weighted by molar-refractivity contribution is 5.81. The second-order valence-corrected chi connectivity index (χ2v) is 7.10. The maximum atomic E-state index is 15.6. The molecule has 3 nitrogen and oxygen atoms in total. The van der Waals surface area contributed by atoms with Crippen LogP contribution < -0.4 is 5.73 Å². The second-order valence-electron chi connectivity index (χ2n) is 7.10. The fourth-order valence-electron chi connectivity index (χ4n) is 3.86. The summed E-state index contributed by atoms with van der Waals surface area (Å²) >= 11 is 0. The molecular weight excluding hydrogens is 374 g/mol. The van der Waals surface area contributed by atoms with Gasteiger partial charge < -0.3 is 10.5 Å². The number of halogens is 4. The van der Waals surface area contributed by atoms with Gasteiger partial charge in [-0.15, -0.1) is 0 Å². The van der Waals surface area contributed by atoms with Crippen LogP contribution in [0.3, 0.4) is 0 Å². The average molecular weight is 399 g/mol. The number of alkyl halides is 4. The lowest BCUT2D eigenvalue weighted by Gasteiger charge is -2.43. The van der Waals surface area contributed by atoms with Crippen molar-refractivity contribution in [2.75, 3.05) is 6.61 Å². The van der Waals surface area contributed by atoms with Gasteiger partial charge in [-0.25, -0.2) is 4.39 Å². The number of ether oxygens (including phenoxy) is 1. The van der Waals surface area contributed by atoms with Gasteiger partial charge in [0.1, 0.15) is 0 Å². The number of nitrogens with two attached hydrogens (primary N) is 1. The number of allylic oxidation sites excluding steroid dienone is 3. The van der Waals surface area contributed by atoms with Crippen molar-refractivity contribution >= 4 is 11.5 Å². The van der Waals surface area contributed by atoms with Crippen molar-refractivity contribution in [3.63, 3.8) is 0 Å². The fourth-order valence-corrected chi connectivity index (χ4v) is 3.86. The molecule has 1 aliphatic carbocycles. The maximum absolute atomic E-state index is 15.6. The quantitative estimate of drug-likeness (QED) is 0.566. The van der Waals surface area contributed by atoms with Crippen LogP contribution in [0.5, 0.6) is 0 Å². The molecule has 0 amide bonds. The number of carbonyl (C=O) groups excluding carboxylic acids is 1. The van der Waals surface area contributed by atoms with Crippen LogP contribution in [-0.4, -0.2) is 30.5 Å². The van der Waals surface area contributed by atoms with Crippen LogP contribution in [0.4, 0.5) is 17.6 Å². The smallest absolute Gasteiger partial charge is 0.427 e. The van der Waals surface area contributed by atoms with E-state index in [1.54, 1.807) is 19.1 Å². The van der Waals surface area contributed by atoms with Crippen molar-refractivity contribution in [1.29, 1.82) is 0 Å². The van der Waals surface area contributed by atoms with Gasteiger partial charge in [0, 0.05) is 12.0 Å². The minimum absolute atomic E-state index is 0.0679. The van der Waals surface area contributed by atoms with E-state index in [0.717, 1.165) is 12.5 Å². The molecule has 3 atom stereocenters. The van der Waals surface area contributed by atoms with E-state index >= 15 is 4.39 Å². The lowest BCUT2D eigenvalue weighted by molar-refractivity contribution is -0.232. The van der Waals surface area contributed by atoms with Gasteiger partial charge in [-0.1, -0.05) is 35.9 Å². The summed E-state index contributed by atoms with van der Waals surface area (Å²) in [6, 6.07) is 5.78. The molecule has 1 aromatic rings. The van der Waals surface area contributed by atoms with Crippen molar-refractivity contribution in [3.8, 4) is 0 Å². The first-order valence-electron chi connectivity index (χ1n) is 9.07. The number of hydrogen-bond acceptors (Lipinski definition) is 3. The number of esters is 1. The summed E-state index contributed by atoms with van der Waals surface area (Å²) in [5.74, 6) is -2.49. The Balaban J connectivity index is 2.64. The van der Waals surface area contributed by atoms with Crippen LogP contribution >= 0.6 is 0 Å². The van der Waals surface area contributed by atoms with Gasteiger partial charge in [-0.3, -0.25) is 4.79 Å². The van der Waals surface area contributed by atoms with Crippen LogP contribution in [-0.2, 0) is 9.53 Å². The van der Waals surface area contributed by atoms with E-state index in [2.05, 4.69) is 0 Å². The van der Waals surface area contributed by atoms with Gasteiger partial charge in [0.25, 0.3) is 0 Å². The topological polar surface area (TPSA) is 52.3 Å². The first-order valence-corrected chi connectivity index (χ1v) is 9.07. The van der Waals surface area contributed by atoms with E-state index in [1.807, 2.05) is 19.1 Å². The van der Waals surface area contributed by atoms with Gasteiger partial charge >= 0.3 is 12.1 Å². The number of carbonyl (C=O) groups is 1. The number of benzene rings is 1. The van der Waals surface area contributed by atoms with Gasteiger partial charge in [-0.05, 0) is 50.0 Å². The van der Waals surface area contributed by atoms with Crippen molar-refractivity contribution in [3.05, 3.63) is 52.6 Å². The van der Waals surface area contributed by atoms with Crippen LogP contribution in [0.25, 0.3) is 5.57 Å². The van der Waals surface area contributed by atoms with E-state index in [-0.39, 0.29) is 12.2 Å². The third-order valence-corrected chi connectivity index (χ3v) is 5.24. The summed E-state index contributed by atoms with van der Waals surface area (Å²) in [5, 5.41) is 0. The Labute approximate surface area is 162 Å². The standard InChI is InChI=1S/C21H25F4NO2/c1-5-28-18(27)11-17(26)19-14(4)16(15-9-7-6-8-12(15)2)10-13(3)20(19,22)21(23,24)25/h6-10,17,19H,5,11,26H2,1-4H3. The molecule has 0 saturated heterocycles. The number of rotatable bonds is 5. The van der Waals surface area contributed by atoms with Crippen molar-refractivity contribution in [2.45, 2.75) is 52.0 Å². The average Bonchev–Trinajstić information content (AvgIpc) is 2.58. The molecule has 28 heavy (non-hydrogen) atoms. The molecule has 0 fully saturated rings. The minimum Gasteiger partial charge on any atom is -0.466 e. The molecule has 3 unspecified atom stereocenters. The van der Waals surface area contributed by atoms with Gasteiger partial charge in [-0.2, -0.15) is 13.2 Å². The molecular formula is C21H25F4NO2. The fraction of sp³-hybridized carbons (Fsp3) is 0.476. The first-order chi connectivity index (χ1) is 12.9. The lowest BCUT2D eigenvalue weighted by Crippen LogP contribution is -2.56. The number of aryl methyl sites for hydroxylation is 1. The SMILES string of the molecule is CCOC(=O)CC(N)C1C(C)=C(c2ccccc2C)C=C(C)C1(F)C(F)(F)F. The van der Waals surface area contributed by atoms with E-state index < -0.39 is 41.8 Å². The van der Waals surface area contributed by atoms with E-state index in [9.17, 15) is 18.0 Å². The van der Waals surface area contributed by atoms with Gasteiger partial charge in [0.2, 0.25) is 5.67 Å². The predicted octanol–water partition coefficient (Wildman–Crippen LogP) is 4.90. The van der Waals surface area contributed by atoms with Crippen molar-refractivity contribution in [1.82, 2.24) is 0 Å². The molecule has 1 aliphatic rings. The number of hydrogen-bond donors (Lipinski definition) is 1. The largest absolute Gasteiger partial charge is 0.466 e. The zero-order valence-electron chi connectivity index (χ0n) is 16.4. The highest BCUT2D eigenvalue weighted by Crippen LogP contribution is 2.53. The molecule has 0 heterocycles. The third-order valence-electron chi connectivity index (χ3n) is 5.24. The first kappa shape index (κ1) is 22.1. The Morgan fingerprint density at radius 2 is 1.86 bits per heavy atom. The second kappa shape index (κ2) is 8.07. The Hall–Kier alpha value is -2.15. The Kier molecular flexibility index (Phi) is 6.38. The molecule has 0 bridgehead atoms. The highest BCUT2D eigenvalue weighted by Gasteiger charge is 2.64. The maximum Gasteiger partial charge on any atom is 0.427 e. The van der Waals surface area contributed by atoms with Crippen LogP contribution in [0, 0.1) is 12.8 Å². The zero-order chi connectivity index (χ0) is 21.3. The highest BCUT2D eigenvalue weighted by atomic mass is 19.4. The Morgan fingerprint density at radius 1 is 1.25 bits per heavy atom.